The summed E-state index contributed by atoms with van der Waals surface area (Å²) in [4.78, 5) is 0. The summed E-state index contributed by atoms with van der Waals surface area (Å²) in [7, 11) is 0. The first-order chi connectivity index (χ1) is 4.66. The van der Waals surface area contributed by atoms with Crippen LogP contribution in [0.1, 0.15) is 20.3 Å². The van der Waals surface area contributed by atoms with E-state index in [1.54, 1.807) is 0 Å². The molecule has 0 rings (SSSR count). The fraction of sp³-hybridized carbons (Fsp3) is 0.750. The second-order valence-corrected chi connectivity index (χ2v) is 2.65. The van der Waals surface area contributed by atoms with E-state index >= 15 is 0 Å². The van der Waals surface area contributed by atoms with Crippen molar-refractivity contribution in [1.82, 2.24) is 5.32 Å². The molecular formula is C8H17NO. The summed E-state index contributed by atoms with van der Waals surface area (Å²) >= 11 is 0. The average Bonchev–Trinajstić information content (AvgIpc) is 1.87. The lowest BCUT2D eigenvalue weighted by atomic mass is 10.2. The van der Waals surface area contributed by atoms with Crippen LogP contribution in [0.5, 0.6) is 0 Å². The van der Waals surface area contributed by atoms with Crippen molar-refractivity contribution in [3.05, 3.63) is 12.2 Å². The Balaban J connectivity index is 3.11. The molecule has 0 amide bonds. The van der Waals surface area contributed by atoms with Gasteiger partial charge in [-0.25, -0.2) is 0 Å². The van der Waals surface area contributed by atoms with Crippen molar-refractivity contribution in [2.75, 3.05) is 13.1 Å². The lowest BCUT2D eigenvalue weighted by Crippen LogP contribution is -2.27. The molecule has 2 heteroatoms. The number of aliphatic hydroxyl groups excluding tert-OH is 1. The van der Waals surface area contributed by atoms with Crippen LogP contribution in [-0.4, -0.2) is 24.3 Å². The summed E-state index contributed by atoms with van der Waals surface area (Å²) in [5.74, 6) is 0. The Hall–Kier alpha value is -0.340. The molecule has 0 radical (unpaired) electrons. The van der Waals surface area contributed by atoms with Crippen LogP contribution in [0.25, 0.3) is 0 Å². The zero-order valence-electron chi connectivity index (χ0n) is 6.85. The van der Waals surface area contributed by atoms with Gasteiger partial charge >= 0.3 is 0 Å². The monoisotopic (exact) mass is 143 g/mol. The minimum atomic E-state index is -0.209. The van der Waals surface area contributed by atoms with Crippen molar-refractivity contribution >= 4 is 0 Å². The van der Waals surface area contributed by atoms with Crippen LogP contribution >= 0.6 is 0 Å². The molecule has 0 aromatic rings. The molecule has 1 atom stereocenters. The first-order valence-corrected chi connectivity index (χ1v) is 3.70. The van der Waals surface area contributed by atoms with Crippen molar-refractivity contribution in [2.24, 2.45) is 0 Å². The van der Waals surface area contributed by atoms with Gasteiger partial charge in [0.2, 0.25) is 0 Å². The summed E-state index contributed by atoms with van der Waals surface area (Å²) in [6.07, 6.45) is 0.600. The molecular weight excluding hydrogens is 126 g/mol. The van der Waals surface area contributed by atoms with Gasteiger partial charge in [-0.15, -0.1) is 0 Å². The second-order valence-electron chi connectivity index (χ2n) is 2.65. The zero-order valence-corrected chi connectivity index (χ0v) is 6.85. The molecule has 0 aliphatic carbocycles. The maximum Gasteiger partial charge on any atom is 0.0662 e. The number of hydrogen-bond acceptors (Lipinski definition) is 2. The lowest BCUT2D eigenvalue weighted by Gasteiger charge is -2.08. The number of hydrogen-bond donors (Lipinski definition) is 2. The predicted octanol–water partition coefficient (Wildman–Crippen LogP) is 0.923. The van der Waals surface area contributed by atoms with E-state index in [1.165, 1.54) is 0 Å². The fourth-order valence-corrected chi connectivity index (χ4v) is 0.597. The van der Waals surface area contributed by atoms with Gasteiger partial charge in [0.25, 0.3) is 0 Å². The maximum atomic E-state index is 9.08. The molecule has 0 fully saturated rings. The largest absolute Gasteiger partial charge is 0.392 e. The molecule has 0 heterocycles. The number of nitrogens with one attached hydrogen (secondary N) is 1. The fourth-order valence-electron chi connectivity index (χ4n) is 0.597. The summed E-state index contributed by atoms with van der Waals surface area (Å²) in [5, 5.41) is 12.2. The van der Waals surface area contributed by atoms with E-state index in [2.05, 4.69) is 11.9 Å². The first-order valence-electron chi connectivity index (χ1n) is 3.70. The highest BCUT2D eigenvalue weighted by Crippen LogP contribution is 1.87. The van der Waals surface area contributed by atoms with Crippen LogP contribution in [0.4, 0.5) is 0 Å². The van der Waals surface area contributed by atoms with Crippen LogP contribution in [0.15, 0.2) is 12.2 Å². The standard InChI is InChI=1S/C8H17NO/c1-4-8(10)6-9-5-7(2)3/h8-10H,2,4-6H2,1,3H3. The second kappa shape index (κ2) is 5.45. The van der Waals surface area contributed by atoms with Crippen LogP contribution in [0.2, 0.25) is 0 Å². The predicted molar refractivity (Wildman–Crippen MR) is 44.0 cm³/mol. The SMILES string of the molecule is C=C(C)CNCC(O)CC. The molecule has 2 nitrogen and oxygen atoms in total. The van der Waals surface area contributed by atoms with Crippen LogP contribution < -0.4 is 5.32 Å². The lowest BCUT2D eigenvalue weighted by molar-refractivity contribution is 0.168. The molecule has 1 unspecified atom stereocenters. The molecule has 0 aliphatic rings. The van der Waals surface area contributed by atoms with Gasteiger partial charge in [0, 0.05) is 13.1 Å². The average molecular weight is 143 g/mol. The van der Waals surface area contributed by atoms with Gasteiger partial charge < -0.3 is 10.4 Å². The van der Waals surface area contributed by atoms with Crippen molar-refractivity contribution in [3.63, 3.8) is 0 Å². The minimum Gasteiger partial charge on any atom is -0.392 e. The Morgan fingerprint density at radius 3 is 2.70 bits per heavy atom. The van der Waals surface area contributed by atoms with Gasteiger partial charge in [-0.05, 0) is 13.3 Å². The zero-order chi connectivity index (χ0) is 7.98. The molecule has 2 N–H and O–H groups in total. The van der Waals surface area contributed by atoms with Gasteiger partial charge in [-0.3, -0.25) is 0 Å². The molecule has 60 valence electrons. The molecule has 0 bridgehead atoms. The van der Waals surface area contributed by atoms with Crippen molar-refractivity contribution < 1.29 is 5.11 Å². The highest BCUT2D eigenvalue weighted by Gasteiger charge is 1.97. The molecule has 0 saturated heterocycles. The third kappa shape index (κ3) is 5.79. The Kier molecular flexibility index (Phi) is 5.26. The van der Waals surface area contributed by atoms with Gasteiger partial charge in [-0.1, -0.05) is 19.1 Å². The summed E-state index contributed by atoms with van der Waals surface area (Å²) < 4.78 is 0. The highest BCUT2D eigenvalue weighted by atomic mass is 16.3. The van der Waals surface area contributed by atoms with E-state index < -0.39 is 0 Å². The Morgan fingerprint density at radius 2 is 2.30 bits per heavy atom. The van der Waals surface area contributed by atoms with E-state index in [9.17, 15) is 0 Å². The molecule has 10 heavy (non-hydrogen) atoms. The Bertz CT molecular complexity index is 101. The van der Waals surface area contributed by atoms with Crippen LogP contribution in [0.3, 0.4) is 0 Å². The normalized spacial score (nSPS) is 13.1. The summed E-state index contributed by atoms with van der Waals surface area (Å²) in [6, 6.07) is 0. The van der Waals surface area contributed by atoms with E-state index in [0.29, 0.717) is 6.54 Å². The summed E-state index contributed by atoms with van der Waals surface area (Å²) in [6.45, 7) is 9.14. The van der Waals surface area contributed by atoms with Crippen LogP contribution in [-0.2, 0) is 0 Å². The van der Waals surface area contributed by atoms with E-state index in [-0.39, 0.29) is 6.10 Å². The molecule has 0 aromatic heterocycles. The molecule has 0 saturated carbocycles. The first kappa shape index (κ1) is 9.66. The Labute approximate surface area is 62.9 Å². The number of rotatable bonds is 5. The van der Waals surface area contributed by atoms with Crippen LogP contribution in [0, 0.1) is 0 Å². The van der Waals surface area contributed by atoms with E-state index in [0.717, 1.165) is 18.5 Å². The van der Waals surface area contributed by atoms with Gasteiger partial charge in [0.05, 0.1) is 6.10 Å². The molecule has 0 aliphatic heterocycles. The smallest absolute Gasteiger partial charge is 0.0662 e. The van der Waals surface area contributed by atoms with E-state index in [4.69, 9.17) is 5.11 Å². The van der Waals surface area contributed by atoms with Crippen molar-refractivity contribution in [1.29, 1.82) is 0 Å². The third-order valence-electron chi connectivity index (χ3n) is 1.28. The number of aliphatic hydroxyl groups is 1. The van der Waals surface area contributed by atoms with Crippen molar-refractivity contribution in [2.45, 2.75) is 26.4 Å². The van der Waals surface area contributed by atoms with Gasteiger partial charge in [-0.2, -0.15) is 0 Å². The molecule has 0 spiro atoms. The van der Waals surface area contributed by atoms with Gasteiger partial charge in [0.15, 0.2) is 0 Å². The highest BCUT2D eigenvalue weighted by molar-refractivity contribution is 4.90. The van der Waals surface area contributed by atoms with E-state index in [1.807, 2.05) is 13.8 Å². The third-order valence-corrected chi connectivity index (χ3v) is 1.28. The minimum absolute atomic E-state index is 0.209. The Morgan fingerprint density at radius 1 is 1.70 bits per heavy atom. The topological polar surface area (TPSA) is 32.3 Å². The van der Waals surface area contributed by atoms with Gasteiger partial charge in [0.1, 0.15) is 0 Å². The molecule has 0 aromatic carbocycles. The van der Waals surface area contributed by atoms with Crippen molar-refractivity contribution in [3.8, 4) is 0 Å². The summed E-state index contributed by atoms with van der Waals surface area (Å²) in [5.41, 5.74) is 1.10. The maximum absolute atomic E-state index is 9.08. The quantitative estimate of drug-likeness (QED) is 0.561.